The molecule has 1 aliphatic carbocycles. The molecule has 6 nitrogen and oxygen atoms in total. The number of aromatic nitrogens is 2. The first-order valence-corrected chi connectivity index (χ1v) is 12.0. The van der Waals surface area contributed by atoms with Gasteiger partial charge in [0.25, 0.3) is 5.56 Å². The molecular formula is C23H25ClN4O2S. The van der Waals surface area contributed by atoms with Gasteiger partial charge in [0, 0.05) is 36.1 Å². The summed E-state index contributed by atoms with van der Waals surface area (Å²) in [6.45, 7) is 3.52. The van der Waals surface area contributed by atoms with Crippen LogP contribution in [0.15, 0.2) is 29.1 Å². The zero-order chi connectivity index (χ0) is 21.4. The van der Waals surface area contributed by atoms with Crippen molar-refractivity contribution in [3.63, 3.8) is 0 Å². The van der Waals surface area contributed by atoms with E-state index in [9.17, 15) is 9.59 Å². The van der Waals surface area contributed by atoms with Crippen molar-refractivity contribution in [3.8, 4) is 0 Å². The molecule has 8 heteroatoms. The summed E-state index contributed by atoms with van der Waals surface area (Å²) in [7, 11) is 0. The fourth-order valence-electron chi connectivity index (χ4n) is 4.54. The molecule has 31 heavy (non-hydrogen) atoms. The molecule has 1 aromatic carbocycles. The van der Waals surface area contributed by atoms with Gasteiger partial charge in [-0.15, -0.1) is 11.3 Å². The molecule has 3 aromatic rings. The van der Waals surface area contributed by atoms with Crippen molar-refractivity contribution in [1.82, 2.24) is 19.8 Å². The molecule has 0 unspecified atom stereocenters. The van der Waals surface area contributed by atoms with E-state index in [1.54, 1.807) is 11.3 Å². The van der Waals surface area contributed by atoms with Crippen LogP contribution in [0, 0.1) is 0 Å². The lowest BCUT2D eigenvalue weighted by molar-refractivity contribution is -0.132. The van der Waals surface area contributed by atoms with E-state index in [1.807, 2.05) is 29.2 Å². The fraction of sp³-hybridized carbons (Fsp3) is 0.435. The van der Waals surface area contributed by atoms with Crippen LogP contribution >= 0.6 is 22.9 Å². The number of halogens is 1. The molecular weight excluding hydrogens is 432 g/mol. The monoisotopic (exact) mass is 456 g/mol. The number of piperazine rings is 1. The Balaban J connectivity index is 1.21. The number of nitrogens with one attached hydrogen (secondary N) is 1. The number of aryl methyl sites for hydroxylation is 2. The van der Waals surface area contributed by atoms with E-state index in [-0.39, 0.29) is 11.5 Å². The molecule has 0 radical (unpaired) electrons. The lowest BCUT2D eigenvalue weighted by Gasteiger charge is -2.34. The summed E-state index contributed by atoms with van der Waals surface area (Å²) in [5, 5.41) is 1.48. The lowest BCUT2D eigenvalue weighted by Crippen LogP contribution is -2.49. The first-order valence-electron chi connectivity index (χ1n) is 10.8. The van der Waals surface area contributed by atoms with Gasteiger partial charge in [-0.2, -0.15) is 0 Å². The number of fused-ring (bicyclic) bond motifs is 3. The minimum atomic E-state index is -0.00354. The number of carbonyl (C=O) groups excluding carboxylic acids is 1. The molecule has 0 bridgehead atoms. The van der Waals surface area contributed by atoms with Crippen molar-refractivity contribution in [2.75, 3.05) is 26.2 Å². The van der Waals surface area contributed by atoms with E-state index in [0.29, 0.717) is 31.1 Å². The standard InChI is InChI=1S/C23H25ClN4O2S/c24-16-7-5-15(6-8-16)13-20(29)28-11-9-27(10-12-28)14-19-25-22(30)21-17-3-1-2-4-18(17)31-23(21)26-19/h5-8H,1-4,9-14H2,(H,25,26,30). The minimum Gasteiger partial charge on any atom is -0.340 e. The molecule has 0 spiro atoms. The average molecular weight is 457 g/mol. The Morgan fingerprint density at radius 2 is 1.84 bits per heavy atom. The van der Waals surface area contributed by atoms with Crippen molar-refractivity contribution >= 4 is 39.1 Å². The highest BCUT2D eigenvalue weighted by Crippen LogP contribution is 2.33. The number of amides is 1. The molecule has 1 aliphatic heterocycles. The summed E-state index contributed by atoms with van der Waals surface area (Å²) in [6, 6.07) is 7.43. The van der Waals surface area contributed by atoms with Crippen LogP contribution in [0.2, 0.25) is 5.02 Å². The van der Waals surface area contributed by atoms with E-state index >= 15 is 0 Å². The maximum atomic E-state index is 12.7. The Hall–Kier alpha value is -2.22. The van der Waals surface area contributed by atoms with Crippen molar-refractivity contribution < 1.29 is 4.79 Å². The zero-order valence-corrected chi connectivity index (χ0v) is 18.9. The second kappa shape index (κ2) is 8.73. The number of H-pyrrole nitrogens is 1. The Kier molecular flexibility index (Phi) is 5.82. The number of hydrogen-bond donors (Lipinski definition) is 1. The van der Waals surface area contributed by atoms with Crippen molar-refractivity contribution in [2.24, 2.45) is 0 Å². The largest absolute Gasteiger partial charge is 0.340 e. The van der Waals surface area contributed by atoms with Gasteiger partial charge in [0.15, 0.2) is 0 Å². The fourth-order valence-corrected chi connectivity index (χ4v) is 5.95. The molecule has 2 aliphatic rings. The number of benzene rings is 1. The Labute approximate surface area is 189 Å². The second-order valence-corrected chi connectivity index (χ2v) is 9.88. The molecule has 2 aromatic heterocycles. The third kappa shape index (κ3) is 4.40. The zero-order valence-electron chi connectivity index (χ0n) is 17.3. The SMILES string of the molecule is O=C(Cc1ccc(Cl)cc1)N1CCN(Cc2nc3sc4c(c3c(=O)[nH]2)CCCC4)CC1. The van der Waals surface area contributed by atoms with Crippen LogP contribution in [0.4, 0.5) is 0 Å². The normalized spacial score (nSPS) is 17.1. The highest BCUT2D eigenvalue weighted by molar-refractivity contribution is 7.18. The van der Waals surface area contributed by atoms with E-state index in [1.165, 1.54) is 16.9 Å². The maximum Gasteiger partial charge on any atom is 0.259 e. The van der Waals surface area contributed by atoms with Crippen LogP contribution in [0.5, 0.6) is 0 Å². The second-order valence-electron chi connectivity index (χ2n) is 8.36. The topological polar surface area (TPSA) is 69.3 Å². The highest BCUT2D eigenvalue weighted by Gasteiger charge is 2.23. The molecule has 1 saturated heterocycles. The van der Waals surface area contributed by atoms with Crippen LogP contribution in [-0.2, 0) is 30.6 Å². The summed E-state index contributed by atoms with van der Waals surface area (Å²) in [5.74, 6) is 0.858. The lowest BCUT2D eigenvalue weighted by atomic mass is 9.97. The average Bonchev–Trinajstić information content (AvgIpc) is 3.14. The first kappa shape index (κ1) is 20.7. The van der Waals surface area contributed by atoms with Gasteiger partial charge in [-0.3, -0.25) is 14.5 Å². The van der Waals surface area contributed by atoms with Gasteiger partial charge in [-0.1, -0.05) is 23.7 Å². The quantitative estimate of drug-likeness (QED) is 0.653. The third-order valence-electron chi connectivity index (χ3n) is 6.24. The molecule has 162 valence electrons. The molecule has 5 rings (SSSR count). The Morgan fingerprint density at radius 1 is 1.10 bits per heavy atom. The summed E-state index contributed by atoms with van der Waals surface area (Å²) < 4.78 is 0. The summed E-state index contributed by atoms with van der Waals surface area (Å²) in [4.78, 5) is 39.5. The number of rotatable bonds is 4. The molecule has 1 N–H and O–H groups in total. The number of hydrogen-bond acceptors (Lipinski definition) is 5. The van der Waals surface area contributed by atoms with Crippen LogP contribution in [0.25, 0.3) is 10.2 Å². The van der Waals surface area contributed by atoms with Gasteiger partial charge in [0.2, 0.25) is 5.91 Å². The van der Waals surface area contributed by atoms with Crippen LogP contribution in [0.1, 0.15) is 34.7 Å². The summed E-state index contributed by atoms with van der Waals surface area (Å²) in [5.41, 5.74) is 2.20. The molecule has 1 fully saturated rings. The van der Waals surface area contributed by atoms with Gasteiger partial charge in [-0.25, -0.2) is 4.98 Å². The number of thiophene rings is 1. The molecule has 3 heterocycles. The molecule has 0 atom stereocenters. The van der Waals surface area contributed by atoms with E-state index in [4.69, 9.17) is 16.6 Å². The van der Waals surface area contributed by atoms with E-state index < -0.39 is 0 Å². The van der Waals surface area contributed by atoms with E-state index in [0.717, 1.165) is 54.0 Å². The van der Waals surface area contributed by atoms with Gasteiger partial charge in [-0.05, 0) is 48.9 Å². The van der Waals surface area contributed by atoms with Crippen LogP contribution in [-0.4, -0.2) is 51.9 Å². The minimum absolute atomic E-state index is 0.00354. The van der Waals surface area contributed by atoms with Crippen molar-refractivity contribution in [2.45, 2.75) is 38.6 Å². The Morgan fingerprint density at radius 3 is 2.61 bits per heavy atom. The first-order chi connectivity index (χ1) is 15.1. The number of nitrogens with zero attached hydrogens (tertiary/aromatic N) is 3. The molecule has 0 saturated carbocycles. The smallest absolute Gasteiger partial charge is 0.259 e. The van der Waals surface area contributed by atoms with Gasteiger partial charge >= 0.3 is 0 Å². The predicted molar refractivity (Wildman–Crippen MR) is 124 cm³/mol. The van der Waals surface area contributed by atoms with Crippen LogP contribution in [0.3, 0.4) is 0 Å². The van der Waals surface area contributed by atoms with Crippen molar-refractivity contribution in [3.05, 3.63) is 61.5 Å². The number of carbonyl (C=O) groups is 1. The van der Waals surface area contributed by atoms with Gasteiger partial charge in [0.1, 0.15) is 10.7 Å². The summed E-state index contributed by atoms with van der Waals surface area (Å²) in [6.07, 6.45) is 4.81. The maximum absolute atomic E-state index is 12.7. The van der Waals surface area contributed by atoms with Gasteiger partial charge < -0.3 is 9.88 Å². The Bertz CT molecular complexity index is 1160. The highest BCUT2D eigenvalue weighted by atomic mass is 35.5. The van der Waals surface area contributed by atoms with E-state index in [2.05, 4.69) is 9.88 Å². The summed E-state index contributed by atoms with van der Waals surface area (Å²) >= 11 is 7.61. The molecule has 1 amide bonds. The predicted octanol–water partition coefficient (Wildman–Crippen LogP) is 3.40. The van der Waals surface area contributed by atoms with Crippen LogP contribution < -0.4 is 5.56 Å². The van der Waals surface area contributed by atoms with Gasteiger partial charge in [0.05, 0.1) is 18.4 Å². The van der Waals surface area contributed by atoms with Crippen molar-refractivity contribution in [1.29, 1.82) is 0 Å². The third-order valence-corrected chi connectivity index (χ3v) is 7.68. The number of aromatic amines is 1.